The van der Waals surface area contributed by atoms with Crippen molar-refractivity contribution in [2.24, 2.45) is 0 Å². The van der Waals surface area contributed by atoms with Crippen molar-refractivity contribution in [1.82, 2.24) is 0 Å². The van der Waals surface area contributed by atoms with Gasteiger partial charge in [-0.25, -0.2) is 0 Å². The van der Waals surface area contributed by atoms with E-state index in [4.69, 9.17) is 15.6 Å². The van der Waals surface area contributed by atoms with Gasteiger partial charge in [0.15, 0.2) is 0 Å². The Balaban J connectivity index is 2.72. The Bertz CT molecular complexity index is 351. The number of carboxylic acids is 1. The number of nitrogens with two attached hydrogens (primary N) is 1. The van der Waals surface area contributed by atoms with Gasteiger partial charge in [0.25, 0.3) is 0 Å². The molecule has 15 heavy (non-hydrogen) atoms. The SMILES string of the molecule is Cc1cc(C)c(OCCC(=O)O)c(N)c1. The number of nitrogen functional groups attached to an aromatic ring is 1. The van der Waals surface area contributed by atoms with Crippen LogP contribution in [0.4, 0.5) is 5.69 Å². The zero-order valence-corrected chi connectivity index (χ0v) is 8.91. The van der Waals surface area contributed by atoms with Gasteiger partial charge in [-0.3, -0.25) is 4.79 Å². The summed E-state index contributed by atoms with van der Waals surface area (Å²) in [5.41, 5.74) is 8.31. The number of aryl methyl sites for hydroxylation is 2. The van der Waals surface area contributed by atoms with E-state index >= 15 is 0 Å². The van der Waals surface area contributed by atoms with E-state index in [0.29, 0.717) is 11.4 Å². The Kier molecular flexibility index (Phi) is 3.55. The lowest BCUT2D eigenvalue weighted by atomic mass is 10.1. The first-order valence-corrected chi connectivity index (χ1v) is 4.72. The van der Waals surface area contributed by atoms with Crippen molar-refractivity contribution in [3.63, 3.8) is 0 Å². The molecule has 4 heteroatoms. The summed E-state index contributed by atoms with van der Waals surface area (Å²) in [6, 6.07) is 3.76. The lowest BCUT2D eigenvalue weighted by Crippen LogP contribution is -2.07. The molecule has 3 N–H and O–H groups in total. The average Bonchev–Trinajstić information content (AvgIpc) is 2.08. The number of carbonyl (C=O) groups is 1. The molecule has 4 nitrogen and oxygen atoms in total. The first-order chi connectivity index (χ1) is 7.00. The average molecular weight is 209 g/mol. The Morgan fingerprint density at radius 3 is 2.67 bits per heavy atom. The monoisotopic (exact) mass is 209 g/mol. The largest absolute Gasteiger partial charge is 0.491 e. The standard InChI is InChI=1S/C11H15NO3/c1-7-5-8(2)11(9(12)6-7)15-4-3-10(13)14/h5-6H,3-4,12H2,1-2H3,(H,13,14). The number of aliphatic carboxylic acids is 1. The lowest BCUT2D eigenvalue weighted by Gasteiger charge is -2.11. The molecule has 1 rings (SSSR count). The fraction of sp³-hybridized carbons (Fsp3) is 0.364. The fourth-order valence-corrected chi connectivity index (χ4v) is 1.42. The normalized spacial score (nSPS) is 10.0. The molecule has 0 saturated carbocycles. The number of anilines is 1. The molecule has 0 bridgehead atoms. The van der Waals surface area contributed by atoms with Gasteiger partial charge in [0.05, 0.1) is 18.7 Å². The first-order valence-electron chi connectivity index (χ1n) is 4.72. The molecule has 0 aromatic heterocycles. The van der Waals surface area contributed by atoms with E-state index in [0.717, 1.165) is 11.1 Å². The second-order valence-corrected chi connectivity index (χ2v) is 3.49. The van der Waals surface area contributed by atoms with Crippen LogP contribution >= 0.6 is 0 Å². The number of ether oxygens (including phenoxy) is 1. The van der Waals surface area contributed by atoms with Crippen molar-refractivity contribution in [2.75, 3.05) is 12.3 Å². The Morgan fingerprint density at radius 1 is 1.47 bits per heavy atom. The van der Waals surface area contributed by atoms with Gasteiger partial charge in [0, 0.05) is 0 Å². The zero-order chi connectivity index (χ0) is 11.4. The van der Waals surface area contributed by atoms with Crippen molar-refractivity contribution in [3.05, 3.63) is 23.3 Å². The van der Waals surface area contributed by atoms with E-state index in [9.17, 15) is 4.79 Å². The molecule has 82 valence electrons. The van der Waals surface area contributed by atoms with E-state index in [1.807, 2.05) is 26.0 Å². The maximum atomic E-state index is 10.3. The summed E-state index contributed by atoms with van der Waals surface area (Å²) in [6.07, 6.45) is -0.0211. The van der Waals surface area contributed by atoms with Crippen LogP contribution in [0.15, 0.2) is 12.1 Å². The number of rotatable bonds is 4. The van der Waals surface area contributed by atoms with Crippen LogP contribution in [-0.4, -0.2) is 17.7 Å². The summed E-state index contributed by atoms with van der Waals surface area (Å²) in [7, 11) is 0. The van der Waals surface area contributed by atoms with Gasteiger partial charge in [-0.1, -0.05) is 6.07 Å². The Morgan fingerprint density at radius 2 is 2.13 bits per heavy atom. The quantitative estimate of drug-likeness (QED) is 0.741. The molecule has 0 fully saturated rings. The van der Waals surface area contributed by atoms with Crippen LogP contribution in [0.25, 0.3) is 0 Å². The van der Waals surface area contributed by atoms with Gasteiger partial charge < -0.3 is 15.6 Å². The van der Waals surface area contributed by atoms with Crippen LogP contribution in [0.1, 0.15) is 17.5 Å². The summed E-state index contributed by atoms with van der Waals surface area (Å²) in [5, 5.41) is 8.46. The maximum absolute atomic E-state index is 10.3. The van der Waals surface area contributed by atoms with Crippen molar-refractivity contribution in [2.45, 2.75) is 20.3 Å². The van der Waals surface area contributed by atoms with Crippen LogP contribution in [0.5, 0.6) is 5.75 Å². The summed E-state index contributed by atoms with van der Waals surface area (Å²) >= 11 is 0. The van der Waals surface area contributed by atoms with Crippen molar-refractivity contribution in [1.29, 1.82) is 0 Å². The summed E-state index contributed by atoms with van der Waals surface area (Å²) in [5.74, 6) is -0.291. The molecule has 1 aromatic rings. The van der Waals surface area contributed by atoms with E-state index in [1.165, 1.54) is 0 Å². The highest BCUT2D eigenvalue weighted by molar-refractivity contribution is 5.67. The predicted octanol–water partition coefficient (Wildman–Crippen LogP) is 1.74. The zero-order valence-electron chi connectivity index (χ0n) is 8.91. The molecule has 0 aliphatic carbocycles. The molecule has 1 aromatic carbocycles. The number of hydrogen-bond acceptors (Lipinski definition) is 3. The molecular weight excluding hydrogens is 194 g/mol. The Labute approximate surface area is 88.7 Å². The number of benzene rings is 1. The molecule has 0 saturated heterocycles. The van der Waals surface area contributed by atoms with Crippen molar-refractivity contribution >= 4 is 11.7 Å². The van der Waals surface area contributed by atoms with Gasteiger partial charge in [0.2, 0.25) is 0 Å². The van der Waals surface area contributed by atoms with Gasteiger partial charge in [0.1, 0.15) is 5.75 Å². The highest BCUT2D eigenvalue weighted by Crippen LogP contribution is 2.27. The maximum Gasteiger partial charge on any atom is 0.306 e. The highest BCUT2D eigenvalue weighted by atomic mass is 16.5. The first kappa shape index (κ1) is 11.4. The third-order valence-corrected chi connectivity index (χ3v) is 2.01. The minimum atomic E-state index is -0.877. The molecular formula is C11H15NO3. The number of carboxylic acid groups (broad SMARTS) is 1. The topological polar surface area (TPSA) is 72.5 Å². The van der Waals surface area contributed by atoms with Crippen LogP contribution in [0.3, 0.4) is 0 Å². The van der Waals surface area contributed by atoms with Crippen LogP contribution in [0.2, 0.25) is 0 Å². The smallest absolute Gasteiger partial charge is 0.306 e. The van der Waals surface area contributed by atoms with Crippen LogP contribution in [-0.2, 0) is 4.79 Å². The third-order valence-electron chi connectivity index (χ3n) is 2.01. The van der Waals surface area contributed by atoms with Crippen molar-refractivity contribution in [3.8, 4) is 5.75 Å². The van der Waals surface area contributed by atoms with Crippen LogP contribution in [0, 0.1) is 13.8 Å². The van der Waals surface area contributed by atoms with Gasteiger partial charge >= 0.3 is 5.97 Å². The third kappa shape index (κ3) is 3.16. The van der Waals surface area contributed by atoms with Gasteiger partial charge in [-0.05, 0) is 31.0 Å². The second kappa shape index (κ2) is 4.68. The molecule has 0 heterocycles. The minimum Gasteiger partial charge on any atom is -0.491 e. The van der Waals surface area contributed by atoms with E-state index in [2.05, 4.69) is 0 Å². The van der Waals surface area contributed by atoms with Crippen molar-refractivity contribution < 1.29 is 14.6 Å². The highest BCUT2D eigenvalue weighted by Gasteiger charge is 2.06. The van der Waals surface area contributed by atoms with E-state index in [-0.39, 0.29) is 13.0 Å². The van der Waals surface area contributed by atoms with Gasteiger partial charge in [-0.2, -0.15) is 0 Å². The second-order valence-electron chi connectivity index (χ2n) is 3.49. The molecule has 0 atom stereocenters. The summed E-state index contributed by atoms with van der Waals surface area (Å²) in [6.45, 7) is 3.98. The fourth-order valence-electron chi connectivity index (χ4n) is 1.42. The molecule has 0 radical (unpaired) electrons. The van der Waals surface area contributed by atoms with E-state index < -0.39 is 5.97 Å². The molecule has 0 spiro atoms. The molecule has 0 aliphatic rings. The molecule has 0 amide bonds. The van der Waals surface area contributed by atoms with Crippen LogP contribution < -0.4 is 10.5 Å². The minimum absolute atomic E-state index is 0.0211. The predicted molar refractivity (Wildman–Crippen MR) is 58.1 cm³/mol. The molecule has 0 aliphatic heterocycles. The number of hydrogen-bond donors (Lipinski definition) is 2. The van der Waals surface area contributed by atoms with Gasteiger partial charge in [-0.15, -0.1) is 0 Å². The summed E-state index contributed by atoms with van der Waals surface area (Å²) in [4.78, 5) is 10.3. The molecule has 0 unspecified atom stereocenters. The lowest BCUT2D eigenvalue weighted by molar-refractivity contribution is -0.137. The summed E-state index contributed by atoms with van der Waals surface area (Å²) < 4.78 is 5.33. The van der Waals surface area contributed by atoms with E-state index in [1.54, 1.807) is 0 Å². The Hall–Kier alpha value is -1.71.